The summed E-state index contributed by atoms with van der Waals surface area (Å²) in [6.45, 7) is 4.48. The molecular weight excluding hydrogens is 368 g/mol. The van der Waals surface area contributed by atoms with Crippen LogP contribution in [-0.4, -0.2) is 17.1 Å². The van der Waals surface area contributed by atoms with Crippen molar-refractivity contribution in [1.82, 2.24) is 10.6 Å². The van der Waals surface area contributed by atoms with E-state index in [1.165, 1.54) is 6.08 Å². The topological polar surface area (TPSA) is 50.4 Å². The average molecular weight is 389 g/mol. The molecule has 0 atom stereocenters. The van der Waals surface area contributed by atoms with Crippen LogP contribution in [0.3, 0.4) is 0 Å². The van der Waals surface area contributed by atoms with Gasteiger partial charge in [0.05, 0.1) is 6.10 Å². The Balaban J connectivity index is 1.79. The van der Waals surface area contributed by atoms with Crippen molar-refractivity contribution in [2.24, 2.45) is 0 Å². The third-order valence-corrected chi connectivity index (χ3v) is 3.90. The molecule has 2 aromatic carbocycles. The zero-order valence-electron chi connectivity index (χ0n) is 14.7. The number of nitrogens with one attached hydrogen (secondary N) is 2. The van der Waals surface area contributed by atoms with Crippen molar-refractivity contribution in [3.63, 3.8) is 0 Å². The lowest BCUT2D eigenvalue weighted by Gasteiger charge is -2.11. The first kappa shape index (κ1) is 19.9. The molecule has 136 valence electrons. The van der Waals surface area contributed by atoms with Crippen LogP contribution in [-0.2, 0) is 11.3 Å². The van der Waals surface area contributed by atoms with Crippen molar-refractivity contribution < 1.29 is 9.53 Å². The molecule has 0 saturated heterocycles. The van der Waals surface area contributed by atoms with E-state index in [2.05, 4.69) is 10.6 Å². The molecular formula is C20H21ClN2O2S. The minimum absolute atomic E-state index is 0.139. The molecule has 0 bridgehead atoms. The van der Waals surface area contributed by atoms with E-state index in [9.17, 15) is 4.79 Å². The van der Waals surface area contributed by atoms with E-state index in [1.54, 1.807) is 12.1 Å². The summed E-state index contributed by atoms with van der Waals surface area (Å²) >= 11 is 11.2. The maximum atomic E-state index is 11.9. The Morgan fingerprint density at radius 3 is 2.54 bits per heavy atom. The summed E-state index contributed by atoms with van der Waals surface area (Å²) in [5.74, 6) is 0.507. The van der Waals surface area contributed by atoms with Gasteiger partial charge in [0.1, 0.15) is 5.75 Å². The van der Waals surface area contributed by atoms with Crippen LogP contribution in [0.15, 0.2) is 54.6 Å². The van der Waals surface area contributed by atoms with Gasteiger partial charge in [0.2, 0.25) is 5.91 Å². The average Bonchev–Trinajstić information content (AvgIpc) is 2.60. The molecule has 2 N–H and O–H groups in total. The summed E-state index contributed by atoms with van der Waals surface area (Å²) in [7, 11) is 0. The molecule has 2 rings (SSSR count). The summed E-state index contributed by atoms with van der Waals surface area (Å²) in [5.41, 5.74) is 1.80. The number of ether oxygens (including phenoxy) is 1. The highest BCUT2D eigenvalue weighted by molar-refractivity contribution is 7.80. The van der Waals surface area contributed by atoms with Gasteiger partial charge in [0.15, 0.2) is 5.11 Å². The molecule has 0 aliphatic heterocycles. The largest absolute Gasteiger partial charge is 0.491 e. The summed E-state index contributed by atoms with van der Waals surface area (Å²) in [6, 6.07) is 15.0. The number of amides is 1. The maximum absolute atomic E-state index is 11.9. The molecule has 0 unspecified atom stereocenters. The SMILES string of the molecule is CC(C)Oc1ccc(CNC(=S)NC(=O)/C=C/c2ccccc2Cl)cc1. The van der Waals surface area contributed by atoms with E-state index in [1.807, 2.05) is 56.3 Å². The number of hydrogen-bond acceptors (Lipinski definition) is 3. The molecule has 0 aliphatic carbocycles. The number of rotatable bonds is 6. The number of carbonyl (C=O) groups is 1. The second kappa shape index (κ2) is 9.94. The monoisotopic (exact) mass is 388 g/mol. The Labute approximate surface area is 164 Å². The summed E-state index contributed by atoms with van der Waals surface area (Å²) < 4.78 is 5.60. The van der Waals surface area contributed by atoms with Gasteiger partial charge in [-0.1, -0.05) is 41.9 Å². The molecule has 26 heavy (non-hydrogen) atoms. The quantitative estimate of drug-likeness (QED) is 0.571. The second-order valence-electron chi connectivity index (χ2n) is 5.84. The summed E-state index contributed by atoms with van der Waals surface area (Å²) in [5, 5.41) is 6.45. The van der Waals surface area contributed by atoms with Gasteiger partial charge < -0.3 is 10.1 Å². The minimum Gasteiger partial charge on any atom is -0.491 e. The second-order valence-corrected chi connectivity index (χ2v) is 6.65. The van der Waals surface area contributed by atoms with Crippen molar-refractivity contribution in [1.29, 1.82) is 0 Å². The fourth-order valence-corrected chi connectivity index (χ4v) is 2.49. The number of halogens is 1. The van der Waals surface area contributed by atoms with Crippen molar-refractivity contribution >= 4 is 40.9 Å². The first-order valence-corrected chi connectivity index (χ1v) is 8.99. The smallest absolute Gasteiger partial charge is 0.250 e. The molecule has 0 saturated carbocycles. The van der Waals surface area contributed by atoms with Crippen LogP contribution >= 0.6 is 23.8 Å². The van der Waals surface area contributed by atoms with Crippen molar-refractivity contribution in [3.8, 4) is 5.75 Å². The number of benzene rings is 2. The Kier molecular flexibility index (Phi) is 7.63. The minimum atomic E-state index is -0.317. The Hall–Kier alpha value is -2.37. The van der Waals surface area contributed by atoms with Crippen LogP contribution in [0.2, 0.25) is 5.02 Å². The molecule has 0 heterocycles. The number of carbonyl (C=O) groups excluding carboxylic acids is 1. The third kappa shape index (κ3) is 6.86. The highest BCUT2D eigenvalue weighted by atomic mass is 35.5. The standard InChI is InChI=1S/C20H21ClN2O2S/c1-14(2)25-17-10-7-15(8-11-17)13-22-20(26)23-19(24)12-9-16-5-3-4-6-18(16)21/h3-12,14H,13H2,1-2H3,(H2,22,23,24,26)/b12-9+. The highest BCUT2D eigenvalue weighted by Crippen LogP contribution is 2.16. The van der Waals surface area contributed by atoms with Crippen molar-refractivity contribution in [2.75, 3.05) is 0 Å². The van der Waals surface area contributed by atoms with Gasteiger partial charge >= 0.3 is 0 Å². The fourth-order valence-electron chi connectivity index (χ4n) is 2.11. The molecule has 6 heteroatoms. The van der Waals surface area contributed by atoms with E-state index in [0.29, 0.717) is 11.6 Å². The normalized spacial score (nSPS) is 10.8. The van der Waals surface area contributed by atoms with Crippen molar-refractivity contribution in [3.05, 3.63) is 70.8 Å². The van der Waals surface area contributed by atoms with Crippen LogP contribution in [0.4, 0.5) is 0 Å². The van der Waals surface area contributed by atoms with Gasteiger partial charge in [-0.2, -0.15) is 0 Å². The van der Waals surface area contributed by atoms with E-state index in [-0.39, 0.29) is 17.1 Å². The highest BCUT2D eigenvalue weighted by Gasteiger charge is 2.03. The Bertz CT molecular complexity index is 789. The third-order valence-electron chi connectivity index (χ3n) is 3.30. The maximum Gasteiger partial charge on any atom is 0.250 e. The summed E-state index contributed by atoms with van der Waals surface area (Å²) in [4.78, 5) is 11.9. The predicted octanol–water partition coefficient (Wildman–Crippen LogP) is 4.33. The summed E-state index contributed by atoms with van der Waals surface area (Å²) in [6.07, 6.45) is 3.18. The van der Waals surface area contributed by atoms with Crippen LogP contribution in [0.5, 0.6) is 5.75 Å². The number of thiocarbonyl (C=S) groups is 1. The van der Waals surface area contributed by atoms with Gasteiger partial charge in [-0.15, -0.1) is 0 Å². The van der Waals surface area contributed by atoms with Crippen LogP contribution in [0.1, 0.15) is 25.0 Å². The molecule has 4 nitrogen and oxygen atoms in total. The zero-order chi connectivity index (χ0) is 18.9. The Morgan fingerprint density at radius 1 is 1.19 bits per heavy atom. The van der Waals surface area contributed by atoms with Gasteiger partial charge in [-0.05, 0) is 61.5 Å². The lowest BCUT2D eigenvalue weighted by Crippen LogP contribution is -2.37. The van der Waals surface area contributed by atoms with E-state index in [4.69, 9.17) is 28.6 Å². The number of hydrogen-bond donors (Lipinski definition) is 2. The van der Waals surface area contributed by atoms with Crippen LogP contribution in [0.25, 0.3) is 6.08 Å². The fraction of sp³-hybridized carbons (Fsp3) is 0.200. The van der Waals surface area contributed by atoms with E-state index >= 15 is 0 Å². The lowest BCUT2D eigenvalue weighted by molar-refractivity contribution is -0.115. The molecule has 0 fully saturated rings. The Morgan fingerprint density at radius 2 is 1.88 bits per heavy atom. The molecule has 0 aliphatic rings. The van der Waals surface area contributed by atoms with Gasteiger partial charge in [0.25, 0.3) is 0 Å². The zero-order valence-corrected chi connectivity index (χ0v) is 16.2. The molecule has 2 aromatic rings. The van der Waals surface area contributed by atoms with Gasteiger partial charge in [-0.3, -0.25) is 10.1 Å². The van der Waals surface area contributed by atoms with Gasteiger partial charge in [-0.25, -0.2) is 0 Å². The van der Waals surface area contributed by atoms with E-state index < -0.39 is 0 Å². The molecule has 0 radical (unpaired) electrons. The molecule has 0 spiro atoms. The molecule has 1 amide bonds. The first-order valence-electron chi connectivity index (χ1n) is 8.21. The van der Waals surface area contributed by atoms with Gasteiger partial charge in [0, 0.05) is 17.6 Å². The van der Waals surface area contributed by atoms with Crippen molar-refractivity contribution in [2.45, 2.75) is 26.5 Å². The molecule has 0 aromatic heterocycles. The van der Waals surface area contributed by atoms with Crippen LogP contribution < -0.4 is 15.4 Å². The predicted molar refractivity (Wildman–Crippen MR) is 110 cm³/mol. The lowest BCUT2D eigenvalue weighted by atomic mass is 10.2. The van der Waals surface area contributed by atoms with Crippen LogP contribution in [0, 0.1) is 0 Å². The van der Waals surface area contributed by atoms with E-state index in [0.717, 1.165) is 16.9 Å². The first-order chi connectivity index (χ1) is 12.4.